The van der Waals surface area contributed by atoms with Gasteiger partial charge in [-0.1, -0.05) is 29.8 Å². The molecule has 0 atom stereocenters. The van der Waals surface area contributed by atoms with Gasteiger partial charge in [0.05, 0.1) is 0 Å². The quantitative estimate of drug-likeness (QED) is 0.428. The van der Waals surface area contributed by atoms with Crippen molar-refractivity contribution in [3.63, 3.8) is 0 Å². The lowest BCUT2D eigenvalue weighted by Gasteiger charge is -2.23. The van der Waals surface area contributed by atoms with Gasteiger partial charge < -0.3 is 10.6 Å². The minimum atomic E-state index is 0.918. The van der Waals surface area contributed by atoms with Gasteiger partial charge in [-0.2, -0.15) is 0 Å². The number of aryl methyl sites for hydroxylation is 3. The molecule has 2 N–H and O–H groups in total. The second-order valence-corrected chi connectivity index (χ2v) is 8.05. The first-order valence-corrected chi connectivity index (χ1v) is 10.3. The number of nitrogens with zero attached hydrogens (tertiary/aromatic N) is 1. The fourth-order valence-corrected chi connectivity index (χ4v) is 4.63. The molecule has 2 nitrogen and oxygen atoms in total. The van der Waals surface area contributed by atoms with Gasteiger partial charge in [-0.25, -0.2) is 0 Å². The Kier molecular flexibility index (Phi) is 4.66. The van der Waals surface area contributed by atoms with E-state index < -0.39 is 0 Å². The highest BCUT2D eigenvalue weighted by molar-refractivity contribution is 5.88. The first-order valence-electron chi connectivity index (χ1n) is 10.3. The zero-order valence-electron chi connectivity index (χ0n) is 17.7. The molecule has 0 saturated heterocycles. The summed E-state index contributed by atoms with van der Waals surface area (Å²) in [5.74, 6) is 0. The number of nitrogens with two attached hydrogens (primary N) is 1. The lowest BCUT2D eigenvalue weighted by atomic mass is 9.91. The van der Waals surface area contributed by atoms with Crippen molar-refractivity contribution < 1.29 is 0 Å². The maximum atomic E-state index is 6.50. The van der Waals surface area contributed by atoms with Gasteiger partial charge >= 0.3 is 0 Å². The van der Waals surface area contributed by atoms with Gasteiger partial charge in [0.2, 0.25) is 0 Å². The van der Waals surface area contributed by atoms with E-state index in [-0.39, 0.29) is 0 Å². The van der Waals surface area contributed by atoms with E-state index in [4.69, 9.17) is 5.73 Å². The van der Waals surface area contributed by atoms with Crippen LogP contribution in [0, 0.1) is 20.8 Å². The molecule has 0 unspecified atom stereocenters. The van der Waals surface area contributed by atoms with Crippen LogP contribution >= 0.6 is 0 Å². The first-order chi connectivity index (χ1) is 13.4. The molecule has 28 heavy (non-hydrogen) atoms. The Labute approximate surface area is 169 Å². The van der Waals surface area contributed by atoms with Crippen LogP contribution in [0.25, 0.3) is 22.3 Å². The van der Waals surface area contributed by atoms with Crippen molar-refractivity contribution >= 4 is 11.4 Å². The molecular weight excluding hydrogens is 340 g/mol. The number of fused-ring (bicyclic) bond motifs is 3. The van der Waals surface area contributed by atoms with Crippen molar-refractivity contribution in [3.8, 4) is 22.3 Å². The van der Waals surface area contributed by atoms with Crippen LogP contribution in [0.5, 0.6) is 0 Å². The summed E-state index contributed by atoms with van der Waals surface area (Å²) in [5, 5.41) is 0. The second-order valence-electron chi connectivity index (χ2n) is 8.05. The molecule has 0 bridgehead atoms. The van der Waals surface area contributed by atoms with Crippen LogP contribution in [0.1, 0.15) is 41.7 Å². The Bertz CT molecular complexity index is 1060. The van der Waals surface area contributed by atoms with E-state index in [2.05, 4.69) is 82.0 Å². The molecular formula is C26H30N2. The summed E-state index contributed by atoms with van der Waals surface area (Å²) in [6.45, 7) is 13.0. The lowest BCUT2D eigenvalue weighted by molar-refractivity contribution is 0.866. The fraction of sp³-hybridized carbons (Fsp3) is 0.308. The number of anilines is 2. The van der Waals surface area contributed by atoms with E-state index >= 15 is 0 Å². The normalized spacial score (nSPS) is 12.0. The van der Waals surface area contributed by atoms with Crippen molar-refractivity contribution in [2.24, 2.45) is 0 Å². The van der Waals surface area contributed by atoms with E-state index in [1.54, 1.807) is 0 Å². The summed E-state index contributed by atoms with van der Waals surface area (Å²) in [6.07, 6.45) is 0.924. The summed E-state index contributed by atoms with van der Waals surface area (Å²) in [6, 6.07) is 16.0. The summed E-state index contributed by atoms with van der Waals surface area (Å²) in [4.78, 5) is 2.37. The smallest absolute Gasteiger partial charge is 0.0393 e. The first kappa shape index (κ1) is 18.6. The summed E-state index contributed by atoms with van der Waals surface area (Å²) >= 11 is 0. The third-order valence-electron chi connectivity index (χ3n) is 6.18. The topological polar surface area (TPSA) is 29.3 Å². The lowest BCUT2D eigenvalue weighted by Crippen LogP contribution is -2.22. The number of hydrogen-bond acceptors (Lipinski definition) is 2. The van der Waals surface area contributed by atoms with Crippen LogP contribution in [0.2, 0.25) is 0 Å². The van der Waals surface area contributed by atoms with E-state index in [1.165, 1.54) is 55.8 Å². The van der Waals surface area contributed by atoms with Crippen LogP contribution in [0.15, 0.2) is 42.5 Å². The van der Waals surface area contributed by atoms with Crippen molar-refractivity contribution in [1.29, 1.82) is 0 Å². The standard InChI is InChI=1S/C26H30N2/c1-6-28(7-2)20-14-24-23-11-18(5)22(21-9-8-16(3)10-17(21)4)12-19(23)13-25(24)26(27)15-20/h8-12,14-15H,6-7,13,27H2,1-5H3. The van der Waals surface area contributed by atoms with E-state index in [1.807, 2.05) is 0 Å². The molecule has 0 radical (unpaired) electrons. The second kappa shape index (κ2) is 7.01. The molecule has 0 saturated carbocycles. The van der Waals surface area contributed by atoms with Gasteiger partial charge in [0.1, 0.15) is 0 Å². The number of rotatable bonds is 4. The average Bonchev–Trinajstić information content (AvgIpc) is 3.01. The van der Waals surface area contributed by atoms with Gasteiger partial charge in [0, 0.05) is 30.9 Å². The molecule has 0 aliphatic heterocycles. The monoisotopic (exact) mass is 370 g/mol. The molecule has 0 fully saturated rings. The van der Waals surface area contributed by atoms with Crippen molar-refractivity contribution in [2.45, 2.75) is 41.0 Å². The Hall–Kier alpha value is -2.74. The van der Waals surface area contributed by atoms with Crippen molar-refractivity contribution in [2.75, 3.05) is 23.7 Å². The zero-order chi connectivity index (χ0) is 20.0. The molecule has 2 heteroatoms. The fourth-order valence-electron chi connectivity index (χ4n) is 4.63. The van der Waals surface area contributed by atoms with Gasteiger partial charge in [-0.05, 0) is 97.3 Å². The molecule has 0 amide bonds. The molecule has 1 aliphatic rings. The van der Waals surface area contributed by atoms with Crippen LogP contribution in [0.4, 0.5) is 11.4 Å². The Morgan fingerprint density at radius 1 is 0.786 bits per heavy atom. The number of nitrogen functional groups attached to an aromatic ring is 1. The molecule has 1 aliphatic carbocycles. The maximum absolute atomic E-state index is 6.50. The van der Waals surface area contributed by atoms with Crippen LogP contribution in [0.3, 0.4) is 0 Å². The minimum Gasteiger partial charge on any atom is -0.398 e. The summed E-state index contributed by atoms with van der Waals surface area (Å²) < 4.78 is 0. The van der Waals surface area contributed by atoms with E-state index in [9.17, 15) is 0 Å². The molecule has 3 aromatic carbocycles. The SMILES string of the molecule is CCN(CC)c1cc(N)c2c(c1)-c1cc(C)c(-c3ccc(C)cc3C)cc1C2. The number of benzene rings is 3. The highest BCUT2D eigenvalue weighted by Gasteiger charge is 2.24. The van der Waals surface area contributed by atoms with Gasteiger partial charge in [-0.15, -0.1) is 0 Å². The van der Waals surface area contributed by atoms with Gasteiger partial charge in [0.15, 0.2) is 0 Å². The third-order valence-corrected chi connectivity index (χ3v) is 6.18. The maximum Gasteiger partial charge on any atom is 0.0393 e. The molecule has 0 heterocycles. The third kappa shape index (κ3) is 2.97. The van der Waals surface area contributed by atoms with Crippen LogP contribution in [-0.2, 0) is 6.42 Å². The Morgan fingerprint density at radius 2 is 1.50 bits per heavy atom. The molecule has 4 rings (SSSR count). The number of hydrogen-bond donors (Lipinski definition) is 1. The van der Waals surface area contributed by atoms with Crippen LogP contribution < -0.4 is 10.6 Å². The van der Waals surface area contributed by atoms with E-state index in [0.29, 0.717) is 0 Å². The van der Waals surface area contributed by atoms with Crippen LogP contribution in [-0.4, -0.2) is 13.1 Å². The molecule has 0 aromatic heterocycles. The average molecular weight is 371 g/mol. The Balaban J connectivity index is 1.84. The molecule has 0 spiro atoms. The summed E-state index contributed by atoms with van der Waals surface area (Å²) in [7, 11) is 0. The molecule has 144 valence electrons. The largest absolute Gasteiger partial charge is 0.398 e. The Morgan fingerprint density at radius 3 is 2.18 bits per heavy atom. The predicted octanol–water partition coefficient (Wildman–Crippen LogP) is 6.28. The van der Waals surface area contributed by atoms with Gasteiger partial charge in [-0.3, -0.25) is 0 Å². The summed E-state index contributed by atoms with van der Waals surface area (Å²) in [5.41, 5.74) is 20.6. The predicted molar refractivity (Wildman–Crippen MR) is 122 cm³/mol. The highest BCUT2D eigenvalue weighted by atomic mass is 15.1. The van der Waals surface area contributed by atoms with E-state index in [0.717, 1.165) is 25.2 Å². The van der Waals surface area contributed by atoms with Gasteiger partial charge in [0.25, 0.3) is 0 Å². The van der Waals surface area contributed by atoms with Crippen molar-refractivity contribution in [1.82, 2.24) is 0 Å². The minimum absolute atomic E-state index is 0.918. The highest BCUT2D eigenvalue weighted by Crippen LogP contribution is 2.44. The molecule has 3 aromatic rings. The van der Waals surface area contributed by atoms with Crippen molar-refractivity contribution in [3.05, 3.63) is 70.3 Å². The zero-order valence-corrected chi connectivity index (χ0v) is 17.7.